The zero-order valence-electron chi connectivity index (χ0n) is 11.0. The van der Waals surface area contributed by atoms with Gasteiger partial charge < -0.3 is 10.0 Å². The van der Waals surface area contributed by atoms with Crippen LogP contribution in [-0.2, 0) is 0 Å². The molecule has 5 heteroatoms. The van der Waals surface area contributed by atoms with Crippen LogP contribution in [0.1, 0.15) is 12.8 Å². The third kappa shape index (κ3) is 2.77. The van der Waals surface area contributed by atoms with Crippen LogP contribution in [0.4, 0.5) is 10.2 Å². The molecule has 1 fully saturated rings. The smallest absolute Gasteiger partial charge is 0.151 e. The van der Waals surface area contributed by atoms with Crippen molar-refractivity contribution in [1.29, 1.82) is 0 Å². The van der Waals surface area contributed by atoms with E-state index in [-0.39, 0.29) is 11.9 Å². The Bertz CT molecular complexity index is 580. The van der Waals surface area contributed by atoms with Crippen molar-refractivity contribution in [3.63, 3.8) is 0 Å². The molecular weight excluding hydrogens is 257 g/mol. The lowest BCUT2D eigenvalue weighted by atomic mass is 10.1. The first-order chi connectivity index (χ1) is 9.72. The van der Waals surface area contributed by atoms with Gasteiger partial charge >= 0.3 is 0 Å². The van der Waals surface area contributed by atoms with Gasteiger partial charge in [-0.05, 0) is 37.1 Å². The summed E-state index contributed by atoms with van der Waals surface area (Å²) in [4.78, 5) is 2.11. The fourth-order valence-electron chi connectivity index (χ4n) is 2.39. The second-order valence-corrected chi connectivity index (χ2v) is 5.01. The van der Waals surface area contributed by atoms with Crippen LogP contribution in [0.3, 0.4) is 0 Å². The molecule has 0 spiro atoms. The molecule has 1 N–H and O–H groups in total. The predicted molar refractivity (Wildman–Crippen MR) is 74.9 cm³/mol. The number of nitrogens with zero attached hydrogens (tertiary/aromatic N) is 3. The first-order valence-electron chi connectivity index (χ1n) is 6.75. The van der Waals surface area contributed by atoms with E-state index in [1.165, 1.54) is 12.1 Å². The lowest BCUT2D eigenvalue weighted by Gasteiger charge is -2.30. The third-order valence-electron chi connectivity index (χ3n) is 3.56. The average molecular weight is 273 g/mol. The lowest BCUT2D eigenvalue weighted by molar-refractivity contribution is 0.145. The van der Waals surface area contributed by atoms with Gasteiger partial charge in [-0.3, -0.25) is 0 Å². The van der Waals surface area contributed by atoms with Crippen LogP contribution in [0, 0.1) is 5.82 Å². The number of anilines is 1. The van der Waals surface area contributed by atoms with Gasteiger partial charge in [0.1, 0.15) is 5.82 Å². The highest BCUT2D eigenvalue weighted by atomic mass is 19.1. The highest BCUT2D eigenvalue weighted by molar-refractivity contribution is 5.59. The first kappa shape index (κ1) is 13.0. The molecule has 1 saturated heterocycles. The maximum Gasteiger partial charge on any atom is 0.151 e. The number of benzene rings is 1. The Kier molecular flexibility index (Phi) is 3.60. The Morgan fingerprint density at radius 3 is 2.55 bits per heavy atom. The number of aliphatic hydroxyl groups is 1. The molecule has 20 heavy (non-hydrogen) atoms. The van der Waals surface area contributed by atoms with E-state index in [2.05, 4.69) is 15.1 Å². The van der Waals surface area contributed by atoms with E-state index in [0.29, 0.717) is 5.69 Å². The number of halogens is 1. The fraction of sp³-hybridized carbons (Fsp3) is 0.333. The van der Waals surface area contributed by atoms with E-state index in [9.17, 15) is 9.50 Å². The predicted octanol–water partition coefficient (Wildman–Crippen LogP) is 2.24. The molecule has 1 aromatic carbocycles. The van der Waals surface area contributed by atoms with Crippen molar-refractivity contribution in [2.24, 2.45) is 0 Å². The minimum atomic E-state index is -0.279. The monoisotopic (exact) mass is 273 g/mol. The van der Waals surface area contributed by atoms with Gasteiger partial charge in [-0.25, -0.2) is 4.39 Å². The summed E-state index contributed by atoms with van der Waals surface area (Å²) in [5.74, 6) is 0.524. The zero-order valence-corrected chi connectivity index (χ0v) is 11.0. The Morgan fingerprint density at radius 2 is 1.90 bits per heavy atom. The minimum Gasteiger partial charge on any atom is -0.393 e. The van der Waals surface area contributed by atoms with Crippen molar-refractivity contribution in [3.8, 4) is 11.3 Å². The lowest BCUT2D eigenvalue weighted by Crippen LogP contribution is -2.36. The van der Waals surface area contributed by atoms with Crippen molar-refractivity contribution in [2.45, 2.75) is 18.9 Å². The Morgan fingerprint density at radius 1 is 1.10 bits per heavy atom. The summed E-state index contributed by atoms with van der Waals surface area (Å²) in [6.45, 7) is 1.57. The van der Waals surface area contributed by atoms with Crippen LogP contribution in [0.25, 0.3) is 11.3 Å². The Hall–Kier alpha value is -2.01. The summed E-state index contributed by atoms with van der Waals surface area (Å²) in [6.07, 6.45) is 1.31. The van der Waals surface area contributed by atoms with Crippen LogP contribution in [0.5, 0.6) is 0 Å². The Balaban J connectivity index is 1.78. The number of piperidine rings is 1. The number of aromatic nitrogens is 2. The number of hydrogen-bond acceptors (Lipinski definition) is 4. The first-order valence-corrected chi connectivity index (χ1v) is 6.75. The molecule has 1 aromatic heterocycles. The summed E-state index contributed by atoms with van der Waals surface area (Å²) in [7, 11) is 0. The van der Waals surface area contributed by atoms with E-state index in [0.717, 1.165) is 37.3 Å². The van der Waals surface area contributed by atoms with E-state index < -0.39 is 0 Å². The molecule has 1 aliphatic rings. The van der Waals surface area contributed by atoms with Gasteiger partial charge in [0.25, 0.3) is 0 Å². The van der Waals surface area contributed by atoms with Crippen molar-refractivity contribution < 1.29 is 9.50 Å². The fourth-order valence-corrected chi connectivity index (χ4v) is 2.39. The van der Waals surface area contributed by atoms with Crippen molar-refractivity contribution >= 4 is 5.82 Å². The van der Waals surface area contributed by atoms with E-state index >= 15 is 0 Å². The van der Waals surface area contributed by atoms with Crippen molar-refractivity contribution in [1.82, 2.24) is 10.2 Å². The summed E-state index contributed by atoms with van der Waals surface area (Å²) in [6, 6.07) is 10.1. The van der Waals surface area contributed by atoms with Crippen LogP contribution in [0.2, 0.25) is 0 Å². The van der Waals surface area contributed by atoms with Gasteiger partial charge in [0.05, 0.1) is 11.8 Å². The van der Waals surface area contributed by atoms with Crippen molar-refractivity contribution in [3.05, 3.63) is 42.2 Å². The highest BCUT2D eigenvalue weighted by Gasteiger charge is 2.18. The van der Waals surface area contributed by atoms with Gasteiger partial charge in [-0.1, -0.05) is 12.1 Å². The SMILES string of the molecule is OC1CCN(c2ccc(-c3cccc(F)c3)nn2)CC1. The van der Waals surface area contributed by atoms with E-state index in [4.69, 9.17) is 0 Å². The van der Waals surface area contributed by atoms with Crippen molar-refractivity contribution in [2.75, 3.05) is 18.0 Å². The molecule has 2 heterocycles. The molecule has 0 radical (unpaired) electrons. The largest absolute Gasteiger partial charge is 0.393 e. The van der Waals surface area contributed by atoms with Crippen LogP contribution in [-0.4, -0.2) is 34.5 Å². The van der Waals surface area contributed by atoms with E-state index in [1.54, 1.807) is 6.07 Å². The molecule has 0 atom stereocenters. The third-order valence-corrected chi connectivity index (χ3v) is 3.56. The molecule has 0 amide bonds. The average Bonchev–Trinajstić information content (AvgIpc) is 2.48. The van der Waals surface area contributed by atoms with Crippen LogP contribution >= 0.6 is 0 Å². The molecule has 104 valence electrons. The van der Waals surface area contributed by atoms with Gasteiger partial charge in [0, 0.05) is 18.7 Å². The molecule has 4 nitrogen and oxygen atoms in total. The summed E-state index contributed by atoms with van der Waals surface area (Å²) < 4.78 is 13.2. The van der Waals surface area contributed by atoms with Crippen LogP contribution < -0.4 is 4.90 Å². The summed E-state index contributed by atoms with van der Waals surface area (Å²) in [5.41, 5.74) is 1.38. The molecule has 0 saturated carbocycles. The molecule has 0 bridgehead atoms. The maximum absolute atomic E-state index is 13.2. The molecular formula is C15H16FN3O. The molecule has 1 aliphatic heterocycles. The molecule has 3 rings (SSSR count). The highest BCUT2D eigenvalue weighted by Crippen LogP contribution is 2.21. The molecule has 0 unspecified atom stereocenters. The maximum atomic E-state index is 13.2. The standard InChI is InChI=1S/C15H16FN3O/c16-12-3-1-2-11(10-12)14-4-5-15(18-17-14)19-8-6-13(20)7-9-19/h1-5,10,13,20H,6-9H2. The topological polar surface area (TPSA) is 49.2 Å². The van der Waals surface area contributed by atoms with Gasteiger partial charge in [0.2, 0.25) is 0 Å². The molecule has 2 aromatic rings. The normalized spacial score (nSPS) is 16.4. The summed E-state index contributed by atoms with van der Waals surface area (Å²) in [5, 5.41) is 17.9. The Labute approximate surface area is 116 Å². The quantitative estimate of drug-likeness (QED) is 0.911. The molecule has 0 aliphatic carbocycles. The summed E-state index contributed by atoms with van der Waals surface area (Å²) >= 11 is 0. The minimum absolute atomic E-state index is 0.203. The van der Waals surface area contributed by atoms with Gasteiger partial charge in [0.15, 0.2) is 5.82 Å². The van der Waals surface area contributed by atoms with Crippen LogP contribution in [0.15, 0.2) is 36.4 Å². The second kappa shape index (κ2) is 5.54. The number of rotatable bonds is 2. The van der Waals surface area contributed by atoms with E-state index in [1.807, 2.05) is 18.2 Å². The van der Waals surface area contributed by atoms with Gasteiger partial charge in [-0.2, -0.15) is 0 Å². The number of hydrogen-bond donors (Lipinski definition) is 1. The van der Waals surface area contributed by atoms with Gasteiger partial charge in [-0.15, -0.1) is 10.2 Å². The number of aliphatic hydroxyl groups excluding tert-OH is 1. The zero-order chi connectivity index (χ0) is 13.9. The second-order valence-electron chi connectivity index (χ2n) is 5.01.